The molecule has 2 aliphatic heterocycles. The Morgan fingerprint density at radius 3 is 2.40 bits per heavy atom. The molecule has 2 aliphatic rings. The first-order valence-electron chi connectivity index (χ1n) is 10.5. The summed E-state index contributed by atoms with van der Waals surface area (Å²) in [5, 5.41) is 0. The summed E-state index contributed by atoms with van der Waals surface area (Å²) in [4.78, 5) is 29.0. The van der Waals surface area contributed by atoms with Gasteiger partial charge in [-0.25, -0.2) is 4.98 Å². The molecule has 0 unspecified atom stereocenters. The monoisotopic (exact) mass is 473 g/mol. The van der Waals surface area contributed by atoms with Gasteiger partial charge in [0, 0.05) is 55.5 Å². The molecule has 2 fully saturated rings. The van der Waals surface area contributed by atoms with Crippen molar-refractivity contribution in [2.24, 2.45) is 0 Å². The van der Waals surface area contributed by atoms with Gasteiger partial charge in [0.05, 0.1) is 12.7 Å². The van der Waals surface area contributed by atoms with Crippen molar-refractivity contribution in [2.75, 3.05) is 56.2 Å². The van der Waals surface area contributed by atoms with Crippen LogP contribution >= 0.6 is 15.9 Å². The van der Waals surface area contributed by atoms with Crippen LogP contribution in [0.2, 0.25) is 0 Å². The lowest BCUT2D eigenvalue weighted by Gasteiger charge is -2.36. The average molecular weight is 474 g/mol. The summed E-state index contributed by atoms with van der Waals surface area (Å²) < 4.78 is 6.06. The predicted octanol–water partition coefficient (Wildman–Crippen LogP) is 3.51. The van der Waals surface area contributed by atoms with Gasteiger partial charge < -0.3 is 19.4 Å². The van der Waals surface area contributed by atoms with E-state index < -0.39 is 0 Å². The summed E-state index contributed by atoms with van der Waals surface area (Å²) in [7, 11) is 1.61. The number of piperidine rings is 1. The van der Waals surface area contributed by atoms with Crippen LogP contribution in [0.5, 0.6) is 5.75 Å². The van der Waals surface area contributed by atoms with Gasteiger partial charge in [0.15, 0.2) is 0 Å². The van der Waals surface area contributed by atoms with Gasteiger partial charge in [-0.3, -0.25) is 4.79 Å². The zero-order valence-corrected chi connectivity index (χ0v) is 19.2. The van der Waals surface area contributed by atoms with Gasteiger partial charge in [-0.15, -0.1) is 0 Å². The number of nitrogens with zero attached hydrogens (tertiary/aromatic N) is 5. The van der Waals surface area contributed by atoms with Crippen LogP contribution in [0.15, 0.2) is 28.7 Å². The largest absolute Gasteiger partial charge is 0.497 e. The number of carbonyl (C=O) groups excluding carboxylic acids is 1. The van der Waals surface area contributed by atoms with E-state index in [1.807, 2.05) is 30.0 Å². The Hall–Kier alpha value is -2.35. The number of aromatic nitrogens is 2. The highest BCUT2D eigenvalue weighted by atomic mass is 79.9. The summed E-state index contributed by atoms with van der Waals surface area (Å²) in [6, 6.07) is 7.53. The second-order valence-electron chi connectivity index (χ2n) is 7.84. The minimum absolute atomic E-state index is 0.0216. The van der Waals surface area contributed by atoms with E-state index in [1.54, 1.807) is 13.2 Å². The lowest BCUT2D eigenvalue weighted by molar-refractivity contribution is 0.0745. The Kier molecular flexibility index (Phi) is 6.41. The summed E-state index contributed by atoms with van der Waals surface area (Å²) >= 11 is 3.49. The standard InChI is InChI=1S/C22H28BrN5O2/c1-16-14-20(25-22(24-16)28-8-4-3-5-9-28)26-10-12-27(13-11-26)21(29)18-15-17(30-2)6-7-19(18)23/h6-7,14-15H,3-5,8-13H2,1-2H3. The van der Waals surface area contributed by atoms with Crippen LogP contribution in [0, 0.1) is 6.92 Å². The molecular weight excluding hydrogens is 446 g/mol. The van der Waals surface area contributed by atoms with Crippen molar-refractivity contribution in [1.29, 1.82) is 0 Å². The van der Waals surface area contributed by atoms with Crippen LogP contribution in [0.1, 0.15) is 35.3 Å². The molecule has 0 aliphatic carbocycles. The third-order valence-corrected chi connectivity index (χ3v) is 6.45. The molecule has 2 aromatic rings. The molecule has 30 heavy (non-hydrogen) atoms. The van der Waals surface area contributed by atoms with Crippen LogP contribution < -0.4 is 14.5 Å². The molecule has 0 spiro atoms. The highest BCUT2D eigenvalue weighted by Crippen LogP contribution is 2.25. The first-order valence-corrected chi connectivity index (χ1v) is 11.3. The first kappa shape index (κ1) is 20.9. The number of aryl methyl sites for hydroxylation is 1. The number of rotatable bonds is 4. The number of hydrogen-bond acceptors (Lipinski definition) is 6. The van der Waals surface area contributed by atoms with Crippen molar-refractivity contribution in [1.82, 2.24) is 14.9 Å². The number of hydrogen-bond donors (Lipinski definition) is 0. The number of benzene rings is 1. The molecule has 3 heterocycles. The molecule has 2 saturated heterocycles. The number of ether oxygens (including phenoxy) is 1. The van der Waals surface area contributed by atoms with E-state index >= 15 is 0 Å². The Bertz CT molecular complexity index is 908. The third-order valence-electron chi connectivity index (χ3n) is 5.76. The molecule has 0 N–H and O–H groups in total. The molecule has 0 bridgehead atoms. The molecular formula is C22H28BrN5O2. The van der Waals surface area contributed by atoms with E-state index in [1.165, 1.54) is 19.3 Å². The highest BCUT2D eigenvalue weighted by Gasteiger charge is 2.25. The van der Waals surface area contributed by atoms with E-state index in [-0.39, 0.29) is 5.91 Å². The maximum Gasteiger partial charge on any atom is 0.255 e. The van der Waals surface area contributed by atoms with Crippen LogP contribution in [-0.2, 0) is 0 Å². The van der Waals surface area contributed by atoms with E-state index in [4.69, 9.17) is 9.72 Å². The molecule has 160 valence electrons. The quantitative estimate of drug-likeness (QED) is 0.676. The second-order valence-corrected chi connectivity index (χ2v) is 8.69. The van der Waals surface area contributed by atoms with Gasteiger partial charge in [-0.1, -0.05) is 0 Å². The van der Waals surface area contributed by atoms with Crippen LogP contribution in [0.3, 0.4) is 0 Å². The number of carbonyl (C=O) groups is 1. The fourth-order valence-electron chi connectivity index (χ4n) is 4.04. The second kappa shape index (κ2) is 9.20. The van der Waals surface area contributed by atoms with E-state index in [9.17, 15) is 4.79 Å². The summed E-state index contributed by atoms with van der Waals surface area (Å²) in [5.41, 5.74) is 1.62. The number of methoxy groups -OCH3 is 1. The molecule has 1 aromatic carbocycles. The molecule has 0 atom stereocenters. The predicted molar refractivity (Wildman–Crippen MR) is 122 cm³/mol. The Balaban J connectivity index is 1.44. The summed E-state index contributed by atoms with van der Waals surface area (Å²) in [6.45, 7) is 6.90. The maximum atomic E-state index is 13.0. The van der Waals surface area contributed by atoms with Crippen molar-refractivity contribution >= 4 is 33.6 Å². The molecule has 7 nitrogen and oxygen atoms in total. The normalized spacial score (nSPS) is 17.2. The van der Waals surface area contributed by atoms with Gasteiger partial charge in [0.1, 0.15) is 11.6 Å². The fraction of sp³-hybridized carbons (Fsp3) is 0.500. The highest BCUT2D eigenvalue weighted by molar-refractivity contribution is 9.10. The minimum Gasteiger partial charge on any atom is -0.497 e. The van der Waals surface area contributed by atoms with Crippen molar-refractivity contribution < 1.29 is 9.53 Å². The van der Waals surface area contributed by atoms with Crippen molar-refractivity contribution in [2.45, 2.75) is 26.2 Å². The topological polar surface area (TPSA) is 61.8 Å². The van der Waals surface area contributed by atoms with Gasteiger partial charge in [0.25, 0.3) is 5.91 Å². The summed E-state index contributed by atoms with van der Waals surface area (Å²) in [6.07, 6.45) is 3.69. The van der Waals surface area contributed by atoms with E-state index in [2.05, 4.69) is 30.7 Å². The van der Waals surface area contributed by atoms with Crippen LogP contribution in [-0.4, -0.2) is 67.2 Å². The maximum absolute atomic E-state index is 13.0. The molecule has 1 amide bonds. The van der Waals surface area contributed by atoms with Gasteiger partial charge >= 0.3 is 0 Å². The SMILES string of the molecule is COc1ccc(Br)c(C(=O)N2CCN(c3cc(C)nc(N4CCCCC4)n3)CC2)c1. The lowest BCUT2D eigenvalue weighted by Crippen LogP contribution is -2.49. The Morgan fingerprint density at radius 2 is 1.70 bits per heavy atom. The van der Waals surface area contributed by atoms with Crippen LogP contribution in [0.25, 0.3) is 0 Å². The fourth-order valence-corrected chi connectivity index (χ4v) is 4.45. The number of piperazine rings is 1. The van der Waals surface area contributed by atoms with Crippen LogP contribution in [0.4, 0.5) is 11.8 Å². The molecule has 8 heteroatoms. The van der Waals surface area contributed by atoms with Gasteiger partial charge in [-0.2, -0.15) is 4.98 Å². The van der Waals surface area contributed by atoms with Gasteiger partial charge in [-0.05, 0) is 60.3 Å². The number of halogens is 1. The van der Waals surface area contributed by atoms with Crippen molar-refractivity contribution in [3.63, 3.8) is 0 Å². The smallest absolute Gasteiger partial charge is 0.255 e. The average Bonchev–Trinajstić information content (AvgIpc) is 2.79. The molecule has 0 saturated carbocycles. The lowest BCUT2D eigenvalue weighted by atomic mass is 10.1. The van der Waals surface area contributed by atoms with E-state index in [0.717, 1.165) is 48.1 Å². The Morgan fingerprint density at radius 1 is 0.967 bits per heavy atom. The molecule has 0 radical (unpaired) electrons. The van der Waals surface area contributed by atoms with Crippen molar-refractivity contribution in [3.8, 4) is 5.75 Å². The first-order chi connectivity index (χ1) is 14.5. The Labute approximate surface area is 186 Å². The third kappa shape index (κ3) is 4.53. The number of anilines is 2. The molecule has 4 rings (SSSR count). The zero-order chi connectivity index (χ0) is 21.1. The van der Waals surface area contributed by atoms with E-state index in [0.29, 0.717) is 24.4 Å². The number of amides is 1. The molecule has 1 aromatic heterocycles. The zero-order valence-electron chi connectivity index (χ0n) is 17.6. The van der Waals surface area contributed by atoms with Crippen molar-refractivity contribution in [3.05, 3.63) is 40.0 Å². The minimum atomic E-state index is 0.0216. The van der Waals surface area contributed by atoms with Gasteiger partial charge in [0.2, 0.25) is 5.95 Å². The summed E-state index contributed by atoms with van der Waals surface area (Å²) in [5.74, 6) is 2.50.